The highest BCUT2D eigenvalue weighted by molar-refractivity contribution is 7.92. The Labute approximate surface area is 140 Å². The number of anilines is 1. The average Bonchev–Trinajstić information content (AvgIpc) is 2.55. The first kappa shape index (κ1) is 16.6. The van der Waals surface area contributed by atoms with Crippen molar-refractivity contribution in [1.29, 1.82) is 0 Å². The van der Waals surface area contributed by atoms with Crippen molar-refractivity contribution in [2.75, 3.05) is 4.72 Å². The zero-order valence-corrected chi connectivity index (χ0v) is 13.4. The van der Waals surface area contributed by atoms with Crippen molar-refractivity contribution in [3.8, 4) is 0 Å². The minimum Gasteiger partial charge on any atom is -0.279 e. The Hall–Kier alpha value is -2.25. The molecule has 3 aromatic rings. The van der Waals surface area contributed by atoms with Crippen molar-refractivity contribution in [2.24, 2.45) is 0 Å². The number of rotatable bonds is 3. The Balaban J connectivity index is 2.12. The molecule has 0 bridgehead atoms. The molecule has 1 N–H and O–H groups in total. The summed E-state index contributed by atoms with van der Waals surface area (Å²) in [5, 5.41) is 1.48. The first-order valence-corrected chi connectivity index (χ1v) is 8.51. The lowest BCUT2D eigenvalue weighted by Crippen LogP contribution is -2.16. The van der Waals surface area contributed by atoms with E-state index in [0.717, 1.165) is 0 Å². The molecule has 0 saturated carbocycles. The number of hydrogen-bond donors (Lipinski definition) is 1. The second-order valence-electron chi connectivity index (χ2n) is 4.92. The predicted molar refractivity (Wildman–Crippen MR) is 86.1 cm³/mol. The molecule has 3 aromatic carbocycles. The fourth-order valence-electron chi connectivity index (χ4n) is 2.27. The van der Waals surface area contributed by atoms with Gasteiger partial charge in [0.05, 0.1) is 5.69 Å². The summed E-state index contributed by atoms with van der Waals surface area (Å²) in [5.41, 5.74) is 0.138. The van der Waals surface area contributed by atoms with Gasteiger partial charge in [0.15, 0.2) is 17.5 Å². The van der Waals surface area contributed by atoms with Crippen LogP contribution in [0.2, 0.25) is 5.02 Å². The van der Waals surface area contributed by atoms with Gasteiger partial charge in [0.1, 0.15) is 4.90 Å². The lowest BCUT2D eigenvalue weighted by Gasteiger charge is -2.12. The van der Waals surface area contributed by atoms with Crippen LogP contribution in [0.4, 0.5) is 18.9 Å². The number of halogens is 4. The molecule has 0 radical (unpaired) electrons. The molecule has 0 atom stereocenters. The molecule has 0 aliphatic carbocycles. The van der Waals surface area contributed by atoms with Crippen LogP contribution in [0.15, 0.2) is 53.4 Å². The van der Waals surface area contributed by atoms with Crippen LogP contribution in [0.25, 0.3) is 10.8 Å². The summed E-state index contributed by atoms with van der Waals surface area (Å²) < 4.78 is 66.9. The maximum Gasteiger partial charge on any atom is 0.264 e. The van der Waals surface area contributed by atoms with Crippen molar-refractivity contribution >= 4 is 38.1 Å². The van der Waals surface area contributed by atoms with Crippen molar-refractivity contribution < 1.29 is 21.6 Å². The zero-order chi connectivity index (χ0) is 17.5. The van der Waals surface area contributed by atoms with Crippen molar-refractivity contribution in [3.05, 3.63) is 71.0 Å². The van der Waals surface area contributed by atoms with Crippen LogP contribution >= 0.6 is 11.6 Å². The lowest BCUT2D eigenvalue weighted by molar-refractivity contribution is 0.432. The molecule has 0 aliphatic rings. The van der Waals surface area contributed by atoms with E-state index in [-0.39, 0.29) is 5.69 Å². The fourth-order valence-corrected chi connectivity index (χ4v) is 3.64. The van der Waals surface area contributed by atoms with E-state index >= 15 is 0 Å². The predicted octanol–water partition coefficient (Wildman–Crippen LogP) is 4.71. The summed E-state index contributed by atoms with van der Waals surface area (Å²) in [6.07, 6.45) is 0. The number of sulfonamides is 1. The van der Waals surface area contributed by atoms with Crippen LogP contribution in [0.3, 0.4) is 0 Å². The highest BCUT2D eigenvalue weighted by atomic mass is 35.5. The third-order valence-corrected chi connectivity index (χ3v) is 5.12. The highest BCUT2D eigenvalue weighted by Crippen LogP contribution is 2.31. The van der Waals surface area contributed by atoms with Crippen LogP contribution in [-0.2, 0) is 10.0 Å². The van der Waals surface area contributed by atoms with Gasteiger partial charge in [-0.1, -0.05) is 35.9 Å². The van der Waals surface area contributed by atoms with E-state index in [2.05, 4.69) is 4.72 Å². The molecule has 124 valence electrons. The minimum absolute atomic E-state index is 0.138. The summed E-state index contributed by atoms with van der Waals surface area (Å²) in [5.74, 6) is -5.09. The summed E-state index contributed by atoms with van der Waals surface area (Å²) in [6.45, 7) is 0. The lowest BCUT2D eigenvalue weighted by atomic mass is 10.1. The number of fused-ring (bicyclic) bond motifs is 1. The van der Waals surface area contributed by atoms with Gasteiger partial charge in [-0.3, -0.25) is 4.72 Å². The number of nitrogens with one attached hydrogen (secondary N) is 1. The van der Waals surface area contributed by atoms with Crippen LogP contribution in [0, 0.1) is 17.5 Å². The van der Waals surface area contributed by atoms with Crippen molar-refractivity contribution in [3.63, 3.8) is 0 Å². The molecule has 0 saturated heterocycles. The smallest absolute Gasteiger partial charge is 0.264 e. The normalized spacial score (nSPS) is 11.7. The van der Waals surface area contributed by atoms with E-state index in [9.17, 15) is 21.6 Å². The van der Waals surface area contributed by atoms with Gasteiger partial charge in [-0.2, -0.15) is 0 Å². The van der Waals surface area contributed by atoms with E-state index in [0.29, 0.717) is 27.9 Å². The van der Waals surface area contributed by atoms with Gasteiger partial charge in [-0.05, 0) is 24.3 Å². The molecule has 0 aromatic heterocycles. The van der Waals surface area contributed by atoms with E-state index < -0.39 is 32.4 Å². The Morgan fingerprint density at radius 2 is 1.50 bits per heavy atom. The SMILES string of the molecule is O=S(=O)(Nc1ccc(Cl)c2ccccc12)c1ccc(F)c(F)c1F. The minimum atomic E-state index is -4.46. The van der Waals surface area contributed by atoms with Crippen LogP contribution < -0.4 is 4.72 Å². The van der Waals surface area contributed by atoms with Gasteiger partial charge in [-0.15, -0.1) is 0 Å². The standard InChI is InChI=1S/C16H9ClF3NO2S/c17-11-5-7-13(10-4-2-1-3-9(10)11)21-24(22,23)14-8-6-12(18)15(19)16(14)20/h1-8,21H. The summed E-state index contributed by atoms with van der Waals surface area (Å²) in [4.78, 5) is -0.986. The average molecular weight is 372 g/mol. The maximum absolute atomic E-state index is 13.8. The third kappa shape index (κ3) is 2.81. The summed E-state index contributed by atoms with van der Waals surface area (Å²) >= 11 is 6.05. The van der Waals surface area contributed by atoms with E-state index in [1.165, 1.54) is 12.1 Å². The van der Waals surface area contributed by atoms with Crippen LogP contribution in [-0.4, -0.2) is 8.42 Å². The van der Waals surface area contributed by atoms with Gasteiger partial charge in [0.2, 0.25) is 0 Å². The molecule has 0 heterocycles. The zero-order valence-electron chi connectivity index (χ0n) is 11.9. The Morgan fingerprint density at radius 1 is 0.833 bits per heavy atom. The first-order chi connectivity index (χ1) is 11.3. The molecular weight excluding hydrogens is 363 g/mol. The van der Waals surface area contributed by atoms with E-state index in [4.69, 9.17) is 11.6 Å². The van der Waals surface area contributed by atoms with Gasteiger partial charge < -0.3 is 0 Å². The fraction of sp³-hybridized carbons (Fsp3) is 0. The number of benzene rings is 3. The highest BCUT2D eigenvalue weighted by Gasteiger charge is 2.24. The van der Waals surface area contributed by atoms with Gasteiger partial charge in [0.25, 0.3) is 10.0 Å². The number of hydrogen-bond acceptors (Lipinski definition) is 2. The Morgan fingerprint density at radius 3 is 2.21 bits per heavy atom. The molecule has 0 aliphatic heterocycles. The molecule has 0 spiro atoms. The monoisotopic (exact) mass is 371 g/mol. The Kier molecular flexibility index (Phi) is 4.15. The molecular formula is C16H9ClF3NO2S. The molecule has 3 rings (SSSR count). The topological polar surface area (TPSA) is 46.2 Å². The molecule has 24 heavy (non-hydrogen) atoms. The molecule has 0 amide bonds. The summed E-state index contributed by atoms with van der Waals surface area (Å²) in [7, 11) is -4.46. The largest absolute Gasteiger partial charge is 0.279 e. The molecule has 0 unspecified atom stereocenters. The molecule has 0 fully saturated rings. The van der Waals surface area contributed by atoms with Crippen LogP contribution in [0.5, 0.6) is 0 Å². The molecule has 8 heteroatoms. The second kappa shape index (κ2) is 5.99. The first-order valence-electron chi connectivity index (χ1n) is 6.65. The van der Waals surface area contributed by atoms with Crippen molar-refractivity contribution in [1.82, 2.24) is 0 Å². The second-order valence-corrected chi connectivity index (χ2v) is 6.98. The van der Waals surface area contributed by atoms with Gasteiger partial charge in [0, 0.05) is 15.8 Å². The van der Waals surface area contributed by atoms with E-state index in [1.54, 1.807) is 24.3 Å². The maximum atomic E-state index is 13.8. The van der Waals surface area contributed by atoms with Gasteiger partial charge in [-0.25, -0.2) is 21.6 Å². The van der Waals surface area contributed by atoms with Gasteiger partial charge >= 0.3 is 0 Å². The summed E-state index contributed by atoms with van der Waals surface area (Å²) in [6, 6.07) is 10.8. The Bertz CT molecular complexity index is 1050. The third-order valence-electron chi connectivity index (χ3n) is 3.40. The molecule has 3 nitrogen and oxygen atoms in total. The van der Waals surface area contributed by atoms with E-state index in [1.807, 2.05) is 0 Å². The van der Waals surface area contributed by atoms with Crippen molar-refractivity contribution in [2.45, 2.75) is 4.90 Å². The quantitative estimate of drug-likeness (QED) is 0.678. The van der Waals surface area contributed by atoms with Crippen LogP contribution in [0.1, 0.15) is 0 Å².